The Balaban J connectivity index is 2.55. The Labute approximate surface area is 568 Å². The maximum Gasteiger partial charge on any atom is 0.472 e. The SMILES string of the molecule is CCCCCCCCCCC[C@@H](O)CC(=O)N[C@@H]1C(OC(=O)C[C@H](O)CCCCCCCCCCC)[C@H](O)C(CO[C@H]2OC(CO)[C@@H](OP(=O)(O)O)C(OC(=O)C[C@H](O)CCCCCCCCCCC)[C@H]2NC(=O)C[C@H](O)CCCCCCCCCCC)O[C@@H]1OP(=O)(O)O. The molecule has 560 valence electrons. The monoisotopic (exact) mass is 1400 g/mol. The molecule has 27 heteroatoms. The minimum absolute atomic E-state index is 0.196. The number of nitrogens with one attached hydrogen (secondary N) is 2. The Kier molecular flexibility index (Phi) is 50.1. The number of hydrogen-bond acceptors (Lipinski definition) is 19. The van der Waals surface area contributed by atoms with Crippen LogP contribution in [0.25, 0.3) is 0 Å². The van der Waals surface area contributed by atoms with Crippen molar-refractivity contribution in [3.8, 4) is 0 Å². The Morgan fingerprint density at radius 1 is 0.400 bits per heavy atom. The third-order valence-corrected chi connectivity index (χ3v) is 18.8. The van der Waals surface area contributed by atoms with Gasteiger partial charge in [-0.15, -0.1) is 0 Å². The maximum absolute atomic E-state index is 14.1. The molecule has 2 heterocycles. The first kappa shape index (κ1) is 88.8. The van der Waals surface area contributed by atoms with Gasteiger partial charge in [0, 0.05) is 0 Å². The number of rotatable bonds is 60. The van der Waals surface area contributed by atoms with E-state index < -0.39 is 164 Å². The van der Waals surface area contributed by atoms with Crippen LogP contribution in [0.3, 0.4) is 0 Å². The fraction of sp³-hybridized carbons (Fsp3) is 0.941. The molecule has 4 unspecified atom stereocenters. The number of phosphoric ester groups is 2. The molecule has 12 N–H and O–H groups in total. The van der Waals surface area contributed by atoms with Crippen LogP contribution in [0.2, 0.25) is 0 Å². The van der Waals surface area contributed by atoms with Crippen LogP contribution in [-0.4, -0.2) is 173 Å². The highest BCUT2D eigenvalue weighted by atomic mass is 31.2. The molecule has 14 atom stereocenters. The third-order valence-electron chi connectivity index (χ3n) is 17.8. The second-order valence-corrected chi connectivity index (χ2v) is 29.1. The van der Waals surface area contributed by atoms with E-state index in [1.807, 2.05) is 0 Å². The lowest BCUT2D eigenvalue weighted by Gasteiger charge is -2.47. The van der Waals surface area contributed by atoms with Gasteiger partial charge in [-0.2, -0.15) is 0 Å². The fourth-order valence-electron chi connectivity index (χ4n) is 12.4. The number of ether oxygens (including phenoxy) is 5. The van der Waals surface area contributed by atoms with Gasteiger partial charge in [-0.25, -0.2) is 9.13 Å². The van der Waals surface area contributed by atoms with Crippen molar-refractivity contribution in [1.29, 1.82) is 0 Å². The number of unbranched alkanes of at least 4 members (excludes halogenated alkanes) is 32. The molecule has 0 bridgehead atoms. The highest BCUT2D eigenvalue weighted by molar-refractivity contribution is 7.46. The highest BCUT2D eigenvalue weighted by Crippen LogP contribution is 2.44. The highest BCUT2D eigenvalue weighted by Gasteiger charge is 2.55. The molecule has 25 nitrogen and oxygen atoms in total. The van der Waals surface area contributed by atoms with E-state index in [2.05, 4.69) is 38.3 Å². The average molecular weight is 1410 g/mol. The number of hydrogen-bond donors (Lipinski definition) is 12. The first-order valence-corrected chi connectivity index (χ1v) is 39.9. The second kappa shape index (κ2) is 53.6. The van der Waals surface area contributed by atoms with E-state index in [0.717, 1.165) is 154 Å². The van der Waals surface area contributed by atoms with E-state index >= 15 is 0 Å². The molecule has 2 rings (SSSR count). The van der Waals surface area contributed by atoms with Crippen molar-refractivity contribution in [3.63, 3.8) is 0 Å². The van der Waals surface area contributed by atoms with Crippen molar-refractivity contribution in [2.45, 2.75) is 396 Å². The summed E-state index contributed by atoms with van der Waals surface area (Å²) in [6.07, 6.45) is 13.8. The standard InChI is InChI=1S/C68H130N2O23P2/c1-5-9-13-17-21-25-29-33-37-41-51(72)45-57(76)69-61-65(90-59(78)47-53(74)43-39-35-31-27-23-19-15-11-7-3)63(80)56(89-68(61)93-95(84,85)86)50-87-67-62(70-58(77)46-52(73)42-38-34-30-26-22-18-14-10-6-2)66(64(55(49-71)88-67)92-94(81,82)83)91-60(79)48-54(75)44-40-36-32-28-24-20-16-12-8-4/h51-56,61-68,71-75,80H,5-50H2,1-4H3,(H,69,76)(H,70,77)(H2,81,82,83)(H2,84,85,86)/t51-,52-,53-,54-,55?,56?,61-,62-,63-,64-,65?,66?,67+,68-/m1/s1. The van der Waals surface area contributed by atoms with E-state index in [1.54, 1.807) is 0 Å². The molecule has 0 aliphatic carbocycles. The lowest BCUT2D eigenvalue weighted by atomic mass is 9.95. The number of esters is 2. The zero-order valence-electron chi connectivity index (χ0n) is 58.3. The van der Waals surface area contributed by atoms with E-state index in [-0.39, 0.29) is 25.7 Å². The zero-order valence-corrected chi connectivity index (χ0v) is 60.1. The van der Waals surface area contributed by atoms with Crippen LogP contribution >= 0.6 is 15.6 Å². The van der Waals surface area contributed by atoms with E-state index in [1.165, 1.54) is 51.4 Å². The van der Waals surface area contributed by atoms with Crippen molar-refractivity contribution >= 4 is 39.4 Å². The van der Waals surface area contributed by atoms with Crippen LogP contribution in [0.1, 0.15) is 310 Å². The van der Waals surface area contributed by atoms with Gasteiger partial charge in [-0.05, 0) is 25.7 Å². The van der Waals surface area contributed by atoms with Gasteiger partial charge in [0.15, 0.2) is 24.8 Å². The van der Waals surface area contributed by atoms with Gasteiger partial charge in [-0.1, -0.05) is 259 Å². The van der Waals surface area contributed by atoms with Crippen molar-refractivity contribution < 1.29 is 111 Å². The number of amides is 2. The van der Waals surface area contributed by atoms with Crippen molar-refractivity contribution in [3.05, 3.63) is 0 Å². The van der Waals surface area contributed by atoms with Crippen LogP contribution in [-0.2, 0) is 61.0 Å². The Bertz CT molecular complexity index is 2080. The summed E-state index contributed by atoms with van der Waals surface area (Å²) in [6, 6.07) is -3.75. The number of aliphatic hydroxyl groups is 6. The largest absolute Gasteiger partial charge is 0.472 e. The van der Waals surface area contributed by atoms with Crippen molar-refractivity contribution in [2.75, 3.05) is 13.2 Å². The summed E-state index contributed by atoms with van der Waals surface area (Å²) in [6.45, 7) is 6.55. The Hall–Kier alpha value is -2.26. The van der Waals surface area contributed by atoms with Crippen molar-refractivity contribution in [1.82, 2.24) is 10.6 Å². The fourth-order valence-corrected chi connectivity index (χ4v) is 13.4. The lowest BCUT2D eigenvalue weighted by Crippen LogP contribution is -2.68. The van der Waals surface area contributed by atoms with Crippen LogP contribution in [0.4, 0.5) is 0 Å². The molecule has 95 heavy (non-hydrogen) atoms. The van der Waals surface area contributed by atoms with Crippen molar-refractivity contribution in [2.24, 2.45) is 0 Å². The summed E-state index contributed by atoms with van der Waals surface area (Å²) in [7, 11) is -11.2. The summed E-state index contributed by atoms with van der Waals surface area (Å²) in [5, 5.41) is 72.2. The van der Waals surface area contributed by atoms with Crippen LogP contribution in [0, 0.1) is 0 Å². The first-order chi connectivity index (χ1) is 45.4. The molecular formula is C68H130N2O23P2. The molecule has 0 aromatic heterocycles. The lowest BCUT2D eigenvalue weighted by molar-refractivity contribution is -0.296. The second-order valence-electron chi connectivity index (χ2n) is 26.7. The molecule has 2 saturated heterocycles. The van der Waals surface area contributed by atoms with Crippen LogP contribution in [0.5, 0.6) is 0 Å². The van der Waals surface area contributed by atoms with E-state index in [9.17, 15) is 78.5 Å². The first-order valence-electron chi connectivity index (χ1n) is 36.8. The van der Waals surface area contributed by atoms with Gasteiger partial charge in [0.1, 0.15) is 36.5 Å². The quantitative estimate of drug-likeness (QED) is 0.0153. The predicted octanol–water partition coefficient (Wildman–Crippen LogP) is 10.9. The molecular weight excluding hydrogens is 1270 g/mol. The van der Waals surface area contributed by atoms with Gasteiger partial charge >= 0.3 is 27.6 Å². The number of carbonyl (C=O) groups excluding carboxylic acids is 4. The molecule has 0 spiro atoms. The Morgan fingerprint density at radius 2 is 0.695 bits per heavy atom. The maximum atomic E-state index is 14.1. The summed E-state index contributed by atoms with van der Waals surface area (Å²) >= 11 is 0. The number of carbonyl (C=O) groups is 4. The van der Waals surface area contributed by atoms with E-state index in [4.69, 9.17) is 32.7 Å². The van der Waals surface area contributed by atoms with Gasteiger partial charge in [-0.3, -0.25) is 28.2 Å². The molecule has 0 saturated carbocycles. The topological polar surface area (TPSA) is 393 Å². The Morgan fingerprint density at radius 3 is 1.02 bits per heavy atom. The molecule has 2 amide bonds. The van der Waals surface area contributed by atoms with Gasteiger partial charge in [0.2, 0.25) is 11.8 Å². The smallest absolute Gasteiger partial charge is 0.457 e. The molecule has 2 aliphatic rings. The summed E-state index contributed by atoms with van der Waals surface area (Å²) in [5.41, 5.74) is 0. The van der Waals surface area contributed by atoms with Gasteiger partial charge in [0.05, 0.1) is 63.3 Å². The molecule has 2 fully saturated rings. The number of phosphoric acid groups is 2. The number of aliphatic hydroxyl groups excluding tert-OH is 6. The predicted molar refractivity (Wildman–Crippen MR) is 360 cm³/mol. The summed E-state index contributed by atoms with van der Waals surface area (Å²) in [4.78, 5) is 96.5. The molecule has 0 aromatic carbocycles. The third kappa shape index (κ3) is 43.2. The molecule has 0 aromatic rings. The summed E-state index contributed by atoms with van der Waals surface area (Å²) < 4.78 is 65.3. The van der Waals surface area contributed by atoms with Crippen LogP contribution in [0.15, 0.2) is 0 Å². The van der Waals surface area contributed by atoms with Crippen LogP contribution < -0.4 is 10.6 Å². The molecule has 2 aliphatic heterocycles. The van der Waals surface area contributed by atoms with E-state index in [0.29, 0.717) is 25.7 Å². The van der Waals surface area contributed by atoms with Gasteiger partial charge in [0.25, 0.3) is 0 Å². The summed E-state index contributed by atoms with van der Waals surface area (Å²) in [5.74, 6) is -4.01. The minimum atomic E-state index is -5.61. The van der Waals surface area contributed by atoms with Gasteiger partial charge < -0.3 is 84.5 Å². The minimum Gasteiger partial charge on any atom is -0.457 e. The average Bonchev–Trinajstić information content (AvgIpc) is 0.817. The zero-order chi connectivity index (χ0) is 70.3. The molecule has 0 radical (unpaired) electrons. The normalized spacial score (nSPS) is 23.0.